The molecule has 1 unspecified atom stereocenters. The van der Waals surface area contributed by atoms with E-state index in [1.54, 1.807) is 0 Å². The molecule has 2 nitrogen and oxygen atoms in total. The molecule has 0 aliphatic carbocycles. The van der Waals surface area contributed by atoms with Crippen molar-refractivity contribution in [3.63, 3.8) is 0 Å². The maximum absolute atomic E-state index is 5.34. The van der Waals surface area contributed by atoms with E-state index in [9.17, 15) is 0 Å². The third kappa shape index (κ3) is 2.67. The molecule has 1 heterocycles. The molecule has 0 bridgehead atoms. The van der Waals surface area contributed by atoms with Crippen LogP contribution in [0.5, 0.6) is 0 Å². The van der Waals surface area contributed by atoms with Gasteiger partial charge in [-0.05, 0) is 37.5 Å². The largest absolute Gasteiger partial charge is 0.337 e. The predicted octanol–water partition coefficient (Wildman–Crippen LogP) is 3.91. The van der Waals surface area contributed by atoms with Crippen LogP contribution in [0, 0.1) is 4.77 Å². The zero-order valence-electron chi connectivity index (χ0n) is 10.3. The first-order valence-electron chi connectivity index (χ1n) is 6.05. The van der Waals surface area contributed by atoms with Gasteiger partial charge in [0.25, 0.3) is 0 Å². The van der Waals surface area contributed by atoms with E-state index in [0.29, 0.717) is 6.04 Å². The minimum absolute atomic E-state index is 0.395. The summed E-state index contributed by atoms with van der Waals surface area (Å²) in [4.78, 5) is 3.13. The monoisotopic (exact) mass is 246 g/mol. The Morgan fingerprint density at radius 3 is 2.65 bits per heavy atom. The van der Waals surface area contributed by atoms with Gasteiger partial charge in [-0.25, -0.2) is 0 Å². The lowest BCUT2D eigenvalue weighted by Crippen LogP contribution is -2.11. The first kappa shape index (κ1) is 12.1. The molecule has 3 heteroatoms. The molecular formula is C14H18N2S. The number of benzene rings is 1. The van der Waals surface area contributed by atoms with Crippen molar-refractivity contribution in [2.24, 2.45) is 0 Å². The summed E-state index contributed by atoms with van der Waals surface area (Å²) in [5, 5.41) is 0. The van der Waals surface area contributed by atoms with Crippen LogP contribution in [-0.2, 0) is 12.8 Å². The summed E-state index contributed by atoms with van der Waals surface area (Å²) in [6.45, 7) is 4.37. The Labute approximate surface area is 107 Å². The maximum atomic E-state index is 5.34. The van der Waals surface area contributed by atoms with Crippen LogP contribution in [0.2, 0.25) is 0 Å². The van der Waals surface area contributed by atoms with Gasteiger partial charge in [0.15, 0.2) is 4.77 Å². The summed E-state index contributed by atoms with van der Waals surface area (Å²) >= 11 is 5.34. The molecule has 1 aromatic heterocycles. The summed E-state index contributed by atoms with van der Waals surface area (Å²) in [5.41, 5.74) is 2.63. The van der Waals surface area contributed by atoms with Crippen LogP contribution in [0.1, 0.15) is 31.1 Å². The lowest BCUT2D eigenvalue weighted by Gasteiger charge is -2.16. The van der Waals surface area contributed by atoms with Crippen LogP contribution in [0.4, 0.5) is 0 Å². The Bertz CT molecular complexity index is 525. The van der Waals surface area contributed by atoms with Crippen LogP contribution in [0.3, 0.4) is 0 Å². The van der Waals surface area contributed by atoms with Gasteiger partial charge in [-0.3, -0.25) is 0 Å². The number of rotatable bonds is 4. The highest BCUT2D eigenvalue weighted by Gasteiger charge is 2.10. The van der Waals surface area contributed by atoms with E-state index in [1.165, 1.54) is 11.3 Å². The van der Waals surface area contributed by atoms with Crippen LogP contribution >= 0.6 is 12.2 Å². The molecule has 0 fully saturated rings. The van der Waals surface area contributed by atoms with E-state index in [2.05, 4.69) is 47.7 Å². The Morgan fingerprint density at radius 1 is 1.29 bits per heavy atom. The maximum Gasteiger partial charge on any atom is 0.177 e. The van der Waals surface area contributed by atoms with Crippen LogP contribution in [0.25, 0.3) is 0 Å². The van der Waals surface area contributed by atoms with Crippen molar-refractivity contribution in [3.8, 4) is 0 Å². The minimum atomic E-state index is 0.395. The number of imidazole rings is 1. The fourth-order valence-electron chi connectivity index (χ4n) is 2.22. The first-order chi connectivity index (χ1) is 8.22. The zero-order chi connectivity index (χ0) is 12.3. The van der Waals surface area contributed by atoms with Crippen molar-refractivity contribution >= 4 is 12.2 Å². The average Bonchev–Trinajstić information content (AvgIpc) is 2.71. The van der Waals surface area contributed by atoms with Crippen LogP contribution < -0.4 is 0 Å². The minimum Gasteiger partial charge on any atom is -0.337 e. The van der Waals surface area contributed by atoms with Crippen molar-refractivity contribution in [1.29, 1.82) is 0 Å². The van der Waals surface area contributed by atoms with Gasteiger partial charge in [-0.2, -0.15) is 0 Å². The molecule has 90 valence electrons. The van der Waals surface area contributed by atoms with E-state index in [0.717, 1.165) is 17.6 Å². The normalized spacial score (nSPS) is 12.6. The Hall–Kier alpha value is -1.35. The molecule has 1 N–H and O–H groups in total. The molecule has 0 radical (unpaired) electrons. The second-order valence-electron chi connectivity index (χ2n) is 4.35. The fourth-order valence-corrected chi connectivity index (χ4v) is 2.57. The summed E-state index contributed by atoms with van der Waals surface area (Å²) in [7, 11) is 0. The summed E-state index contributed by atoms with van der Waals surface area (Å²) in [6, 6.07) is 10.9. The predicted molar refractivity (Wildman–Crippen MR) is 73.9 cm³/mol. The molecule has 0 spiro atoms. The van der Waals surface area contributed by atoms with Crippen LogP contribution in [-0.4, -0.2) is 9.55 Å². The molecule has 0 saturated heterocycles. The molecule has 1 aromatic carbocycles. The van der Waals surface area contributed by atoms with Gasteiger partial charge in [0.2, 0.25) is 0 Å². The highest BCUT2D eigenvalue weighted by molar-refractivity contribution is 7.71. The fraction of sp³-hybridized carbons (Fsp3) is 0.357. The molecular weight excluding hydrogens is 228 g/mol. The number of aromatic nitrogens is 2. The molecule has 2 rings (SSSR count). The molecule has 0 aliphatic heterocycles. The average molecular weight is 246 g/mol. The van der Waals surface area contributed by atoms with Gasteiger partial charge in [-0.15, -0.1) is 0 Å². The van der Waals surface area contributed by atoms with Gasteiger partial charge >= 0.3 is 0 Å². The van der Waals surface area contributed by atoms with E-state index in [4.69, 9.17) is 12.2 Å². The van der Waals surface area contributed by atoms with E-state index >= 15 is 0 Å². The third-order valence-corrected chi connectivity index (χ3v) is 3.38. The topological polar surface area (TPSA) is 20.7 Å². The van der Waals surface area contributed by atoms with Gasteiger partial charge < -0.3 is 9.55 Å². The highest BCUT2D eigenvalue weighted by Crippen LogP contribution is 2.17. The third-order valence-electron chi connectivity index (χ3n) is 3.07. The molecule has 0 saturated carbocycles. The Morgan fingerprint density at radius 2 is 2.00 bits per heavy atom. The van der Waals surface area contributed by atoms with Crippen molar-refractivity contribution in [3.05, 3.63) is 52.6 Å². The number of nitrogens with one attached hydrogen (secondary N) is 1. The van der Waals surface area contributed by atoms with Gasteiger partial charge in [-0.1, -0.05) is 37.3 Å². The number of nitrogens with zero attached hydrogens (tertiary/aromatic N) is 1. The van der Waals surface area contributed by atoms with Gasteiger partial charge in [0.1, 0.15) is 0 Å². The van der Waals surface area contributed by atoms with Crippen molar-refractivity contribution < 1.29 is 0 Å². The Balaban J connectivity index is 2.23. The van der Waals surface area contributed by atoms with Crippen molar-refractivity contribution in [2.75, 3.05) is 0 Å². The number of H-pyrrole nitrogens is 1. The lowest BCUT2D eigenvalue weighted by atomic mass is 10.1. The SMILES string of the molecule is CCc1c[nH]c(=S)n1C(C)Cc1ccccc1. The second kappa shape index (κ2) is 5.32. The molecule has 0 aliphatic rings. The van der Waals surface area contributed by atoms with Gasteiger partial charge in [0, 0.05) is 17.9 Å². The summed E-state index contributed by atoms with van der Waals surface area (Å²) in [5.74, 6) is 0. The summed E-state index contributed by atoms with van der Waals surface area (Å²) in [6.07, 6.45) is 4.04. The van der Waals surface area contributed by atoms with E-state index < -0.39 is 0 Å². The number of hydrogen-bond acceptors (Lipinski definition) is 1. The zero-order valence-corrected chi connectivity index (χ0v) is 11.1. The second-order valence-corrected chi connectivity index (χ2v) is 4.73. The number of aryl methyl sites for hydroxylation is 1. The summed E-state index contributed by atoms with van der Waals surface area (Å²) < 4.78 is 3.05. The van der Waals surface area contributed by atoms with Crippen molar-refractivity contribution in [1.82, 2.24) is 9.55 Å². The van der Waals surface area contributed by atoms with Crippen LogP contribution in [0.15, 0.2) is 36.5 Å². The molecule has 17 heavy (non-hydrogen) atoms. The van der Waals surface area contributed by atoms with Crippen molar-refractivity contribution in [2.45, 2.75) is 32.7 Å². The van der Waals surface area contributed by atoms with Gasteiger partial charge in [0.05, 0.1) is 0 Å². The highest BCUT2D eigenvalue weighted by atomic mass is 32.1. The first-order valence-corrected chi connectivity index (χ1v) is 6.46. The molecule has 1 atom stereocenters. The number of hydrogen-bond donors (Lipinski definition) is 1. The smallest absolute Gasteiger partial charge is 0.177 e. The quantitative estimate of drug-likeness (QED) is 0.811. The van der Waals surface area contributed by atoms with E-state index in [-0.39, 0.29) is 0 Å². The number of aromatic amines is 1. The van der Waals surface area contributed by atoms with E-state index in [1.807, 2.05) is 12.3 Å². The molecule has 0 amide bonds. The molecule has 2 aromatic rings. The lowest BCUT2D eigenvalue weighted by molar-refractivity contribution is 0.520. The standard InChI is InChI=1S/C14H18N2S/c1-3-13-10-15-14(17)16(13)11(2)9-12-7-5-4-6-8-12/h4-8,10-11H,3,9H2,1-2H3,(H,15,17). The Kier molecular flexibility index (Phi) is 3.79.